The van der Waals surface area contributed by atoms with E-state index in [1.807, 2.05) is 6.92 Å². The van der Waals surface area contributed by atoms with Crippen molar-refractivity contribution in [3.63, 3.8) is 0 Å². The second-order valence-electron chi connectivity index (χ2n) is 5.26. The molecule has 0 aliphatic heterocycles. The number of hydrogen-bond donors (Lipinski definition) is 2. The number of phenols is 1. The largest absolute Gasteiger partial charge is 0.506 e. The maximum absolute atomic E-state index is 12.6. The van der Waals surface area contributed by atoms with Gasteiger partial charge in [-0.15, -0.1) is 10.2 Å². The Morgan fingerprint density at radius 1 is 1.25 bits per heavy atom. The molecule has 7 heteroatoms. The third-order valence-corrected chi connectivity index (χ3v) is 3.61. The van der Waals surface area contributed by atoms with Gasteiger partial charge in [-0.1, -0.05) is 25.5 Å². The zero-order valence-corrected chi connectivity index (χ0v) is 13.5. The summed E-state index contributed by atoms with van der Waals surface area (Å²) in [6.45, 7) is 11.0. The predicted molar refractivity (Wildman–Crippen MR) is 90.6 cm³/mol. The third-order valence-electron chi connectivity index (χ3n) is 3.61. The van der Waals surface area contributed by atoms with E-state index in [1.54, 1.807) is 18.2 Å². The summed E-state index contributed by atoms with van der Waals surface area (Å²) in [5.74, 6) is -0.406. The quantitative estimate of drug-likeness (QED) is 0.632. The van der Waals surface area contributed by atoms with Crippen molar-refractivity contribution < 1.29 is 10.2 Å². The van der Waals surface area contributed by atoms with Crippen molar-refractivity contribution in [2.24, 2.45) is 10.2 Å². The normalized spacial score (nSPS) is 10.9. The highest BCUT2D eigenvalue weighted by Crippen LogP contribution is 2.35. The van der Waals surface area contributed by atoms with Crippen molar-refractivity contribution in [3.05, 3.63) is 51.6 Å². The van der Waals surface area contributed by atoms with Gasteiger partial charge in [0.1, 0.15) is 17.1 Å². The SMILES string of the molecule is [C-]#[N+]c1c(C)c(N=Nc2ccccc2O)c(=O)n(CCCC)c1O. The lowest BCUT2D eigenvalue weighted by atomic mass is 10.2. The van der Waals surface area contributed by atoms with Crippen LogP contribution in [0.3, 0.4) is 0 Å². The minimum Gasteiger partial charge on any atom is -0.506 e. The van der Waals surface area contributed by atoms with Crippen LogP contribution >= 0.6 is 0 Å². The van der Waals surface area contributed by atoms with Crippen LogP contribution in [0, 0.1) is 13.5 Å². The molecule has 0 radical (unpaired) electrons. The van der Waals surface area contributed by atoms with Crippen LogP contribution in [0.2, 0.25) is 0 Å². The summed E-state index contributed by atoms with van der Waals surface area (Å²) in [6.07, 6.45) is 1.52. The number of azo groups is 1. The Morgan fingerprint density at radius 3 is 2.58 bits per heavy atom. The molecule has 1 aromatic carbocycles. The molecule has 0 amide bonds. The molecule has 7 nitrogen and oxygen atoms in total. The number of unbranched alkanes of at least 4 members (excludes halogenated alkanes) is 1. The fraction of sp³-hybridized carbons (Fsp3) is 0.294. The van der Waals surface area contributed by atoms with Crippen molar-refractivity contribution in [2.45, 2.75) is 33.2 Å². The monoisotopic (exact) mass is 326 g/mol. The number of nitrogens with zero attached hydrogens (tertiary/aromatic N) is 4. The van der Waals surface area contributed by atoms with Gasteiger partial charge < -0.3 is 10.2 Å². The Hall–Kier alpha value is -3.14. The van der Waals surface area contributed by atoms with Gasteiger partial charge in [0.2, 0.25) is 5.69 Å². The highest BCUT2D eigenvalue weighted by atomic mass is 16.3. The number of hydrogen-bond acceptors (Lipinski definition) is 5. The van der Waals surface area contributed by atoms with Crippen LogP contribution in [-0.2, 0) is 6.54 Å². The molecular formula is C17H18N4O3. The number of pyridine rings is 1. The summed E-state index contributed by atoms with van der Waals surface area (Å²) in [5, 5.41) is 27.7. The molecule has 0 bridgehead atoms. The number of aromatic nitrogens is 1. The summed E-state index contributed by atoms with van der Waals surface area (Å²) in [5.41, 5.74) is -0.0617. The highest BCUT2D eigenvalue weighted by Gasteiger charge is 2.19. The van der Waals surface area contributed by atoms with Gasteiger partial charge in [-0.05, 0) is 31.0 Å². The topological polar surface area (TPSA) is 91.5 Å². The maximum Gasteiger partial charge on any atom is 0.279 e. The van der Waals surface area contributed by atoms with Gasteiger partial charge in [-0.2, -0.15) is 0 Å². The smallest absolute Gasteiger partial charge is 0.279 e. The fourth-order valence-electron chi connectivity index (χ4n) is 2.22. The Balaban J connectivity index is 2.59. The molecule has 0 saturated carbocycles. The van der Waals surface area contributed by atoms with Crippen LogP contribution in [0.1, 0.15) is 25.3 Å². The fourth-order valence-corrected chi connectivity index (χ4v) is 2.22. The first kappa shape index (κ1) is 17.2. The van der Waals surface area contributed by atoms with Crippen LogP contribution < -0.4 is 5.56 Å². The molecule has 1 heterocycles. The molecule has 2 N–H and O–H groups in total. The lowest BCUT2D eigenvalue weighted by Gasteiger charge is -2.12. The van der Waals surface area contributed by atoms with Gasteiger partial charge in [-0.3, -0.25) is 9.36 Å². The van der Waals surface area contributed by atoms with E-state index < -0.39 is 5.56 Å². The second kappa shape index (κ2) is 7.42. The van der Waals surface area contributed by atoms with Crippen molar-refractivity contribution in [1.82, 2.24) is 4.57 Å². The lowest BCUT2D eigenvalue weighted by molar-refractivity contribution is 0.405. The summed E-state index contributed by atoms with van der Waals surface area (Å²) >= 11 is 0. The maximum atomic E-state index is 12.6. The van der Waals surface area contributed by atoms with E-state index in [9.17, 15) is 15.0 Å². The van der Waals surface area contributed by atoms with E-state index >= 15 is 0 Å². The molecule has 2 rings (SSSR count). The van der Waals surface area contributed by atoms with Crippen LogP contribution in [0.15, 0.2) is 39.3 Å². The number of aromatic hydroxyl groups is 2. The van der Waals surface area contributed by atoms with E-state index in [-0.39, 0.29) is 34.3 Å². The van der Waals surface area contributed by atoms with Crippen molar-refractivity contribution in [3.8, 4) is 11.6 Å². The summed E-state index contributed by atoms with van der Waals surface area (Å²) in [4.78, 5) is 15.9. The number of phenolic OH excluding ortho intramolecular Hbond substituents is 1. The summed E-state index contributed by atoms with van der Waals surface area (Å²) < 4.78 is 1.14. The zero-order chi connectivity index (χ0) is 17.7. The van der Waals surface area contributed by atoms with E-state index in [0.717, 1.165) is 11.0 Å². The van der Waals surface area contributed by atoms with E-state index in [1.165, 1.54) is 13.0 Å². The number of rotatable bonds is 5. The molecular weight excluding hydrogens is 308 g/mol. The van der Waals surface area contributed by atoms with E-state index in [0.29, 0.717) is 13.0 Å². The number of benzene rings is 1. The first-order chi connectivity index (χ1) is 11.5. The van der Waals surface area contributed by atoms with Gasteiger partial charge >= 0.3 is 0 Å². The standard InChI is InChI=1S/C17H18N4O3/c1-4-5-10-21-16(23)14(18-3)11(2)15(17(21)24)20-19-12-8-6-7-9-13(12)22/h6-9,22-23H,4-5,10H2,1-2H3. The Morgan fingerprint density at radius 2 is 1.96 bits per heavy atom. The molecule has 0 unspecified atom stereocenters. The summed E-state index contributed by atoms with van der Waals surface area (Å²) in [7, 11) is 0. The highest BCUT2D eigenvalue weighted by molar-refractivity contribution is 5.67. The predicted octanol–water partition coefficient (Wildman–Crippen LogP) is 4.33. The molecule has 0 saturated heterocycles. The molecule has 1 aromatic heterocycles. The van der Waals surface area contributed by atoms with E-state index in [4.69, 9.17) is 6.57 Å². The van der Waals surface area contributed by atoms with Crippen molar-refractivity contribution in [1.29, 1.82) is 0 Å². The summed E-state index contributed by atoms with van der Waals surface area (Å²) in [6, 6.07) is 6.35. The van der Waals surface area contributed by atoms with Gasteiger partial charge in [0.05, 0.1) is 6.57 Å². The van der Waals surface area contributed by atoms with Gasteiger partial charge in [0.15, 0.2) is 5.88 Å². The molecule has 0 fully saturated rings. The third kappa shape index (κ3) is 3.27. The first-order valence-corrected chi connectivity index (χ1v) is 7.54. The minimum atomic E-state index is -0.509. The Kier molecular flexibility index (Phi) is 5.32. The Bertz CT molecular complexity index is 879. The second-order valence-corrected chi connectivity index (χ2v) is 5.26. The Labute approximate surface area is 139 Å². The van der Waals surface area contributed by atoms with Crippen LogP contribution in [0.4, 0.5) is 17.1 Å². The molecule has 0 atom stereocenters. The molecule has 124 valence electrons. The average molecular weight is 326 g/mol. The molecule has 0 spiro atoms. The average Bonchev–Trinajstić information content (AvgIpc) is 2.56. The van der Waals surface area contributed by atoms with Crippen molar-refractivity contribution in [2.75, 3.05) is 0 Å². The van der Waals surface area contributed by atoms with Crippen molar-refractivity contribution >= 4 is 17.1 Å². The van der Waals surface area contributed by atoms with Gasteiger partial charge in [-0.25, -0.2) is 4.85 Å². The van der Waals surface area contributed by atoms with E-state index in [2.05, 4.69) is 15.1 Å². The molecule has 2 aromatic rings. The first-order valence-electron chi connectivity index (χ1n) is 7.54. The zero-order valence-electron chi connectivity index (χ0n) is 13.5. The number of para-hydroxylation sites is 1. The van der Waals surface area contributed by atoms with Crippen LogP contribution in [-0.4, -0.2) is 14.8 Å². The minimum absolute atomic E-state index is 0.0156. The van der Waals surface area contributed by atoms with Crippen LogP contribution in [0.25, 0.3) is 4.85 Å². The lowest BCUT2D eigenvalue weighted by Crippen LogP contribution is -2.20. The van der Waals surface area contributed by atoms with Gasteiger partial charge in [0.25, 0.3) is 5.56 Å². The molecule has 0 aliphatic carbocycles. The van der Waals surface area contributed by atoms with Gasteiger partial charge in [0, 0.05) is 6.54 Å². The molecule has 0 aliphatic rings. The van der Waals surface area contributed by atoms with Crippen LogP contribution in [0.5, 0.6) is 11.6 Å². The molecule has 24 heavy (non-hydrogen) atoms.